The van der Waals surface area contributed by atoms with E-state index in [-0.39, 0.29) is 12.3 Å². The van der Waals surface area contributed by atoms with Crippen molar-refractivity contribution in [1.29, 1.82) is 0 Å². The molecule has 0 heterocycles. The van der Waals surface area contributed by atoms with Gasteiger partial charge in [-0.15, -0.1) is 0 Å². The highest BCUT2D eigenvalue weighted by atomic mass is 79.9. The van der Waals surface area contributed by atoms with Gasteiger partial charge < -0.3 is 10.4 Å². The van der Waals surface area contributed by atoms with Gasteiger partial charge in [-0.3, -0.25) is 4.79 Å². The van der Waals surface area contributed by atoms with Gasteiger partial charge in [0.25, 0.3) is 0 Å². The number of nitrogens with one attached hydrogen (secondary N) is 1. The van der Waals surface area contributed by atoms with E-state index in [0.717, 1.165) is 10.0 Å². The molecule has 92 valence electrons. The number of aliphatic carboxylic acids is 1. The molecule has 0 saturated heterocycles. The van der Waals surface area contributed by atoms with Gasteiger partial charge in [0.1, 0.15) is 6.04 Å². The number of carbonyl (C=O) groups is 2. The molecule has 0 spiro atoms. The second kappa shape index (κ2) is 6.02. The van der Waals surface area contributed by atoms with E-state index in [2.05, 4.69) is 21.2 Å². The predicted octanol–water partition coefficient (Wildman–Crippen LogP) is 2.23. The summed E-state index contributed by atoms with van der Waals surface area (Å²) in [5.74, 6) is -1.44. The lowest BCUT2D eigenvalue weighted by molar-refractivity contribution is -0.141. The Morgan fingerprint density at radius 3 is 2.65 bits per heavy atom. The molecule has 2 N–H and O–H groups in total. The molecule has 0 aromatic heterocycles. The Morgan fingerprint density at radius 2 is 2.18 bits per heavy atom. The molecule has 0 radical (unpaired) electrons. The first-order valence-corrected chi connectivity index (χ1v) is 6.01. The maximum atomic E-state index is 11.0. The molecule has 0 bridgehead atoms. The summed E-state index contributed by atoms with van der Waals surface area (Å²) in [7, 11) is 0. The Bertz CT molecular complexity index is 450. The molecule has 1 unspecified atom stereocenters. The van der Waals surface area contributed by atoms with E-state index in [0.29, 0.717) is 5.02 Å². The molecular weight excluding hydrogens is 309 g/mol. The van der Waals surface area contributed by atoms with E-state index in [9.17, 15) is 9.59 Å². The molecule has 0 aliphatic rings. The Hall–Kier alpha value is -1.07. The van der Waals surface area contributed by atoms with Gasteiger partial charge in [-0.05, 0) is 17.7 Å². The number of hydrogen-bond donors (Lipinski definition) is 2. The first kappa shape index (κ1) is 14.0. The molecule has 1 aromatic rings. The quantitative estimate of drug-likeness (QED) is 0.894. The lowest BCUT2D eigenvalue weighted by atomic mass is 10.1. The lowest BCUT2D eigenvalue weighted by Crippen LogP contribution is -2.41. The number of carboxylic acid groups (broad SMARTS) is 1. The smallest absolute Gasteiger partial charge is 0.326 e. The van der Waals surface area contributed by atoms with Crippen LogP contribution in [0.5, 0.6) is 0 Å². The monoisotopic (exact) mass is 319 g/mol. The molecule has 1 rings (SSSR count). The lowest BCUT2D eigenvalue weighted by Gasteiger charge is -2.14. The van der Waals surface area contributed by atoms with Crippen LogP contribution in [-0.2, 0) is 16.0 Å². The summed E-state index contributed by atoms with van der Waals surface area (Å²) in [6.45, 7) is 1.28. The van der Waals surface area contributed by atoms with Crippen LogP contribution < -0.4 is 5.32 Å². The molecule has 0 saturated carbocycles. The fourth-order valence-corrected chi connectivity index (χ4v) is 2.20. The van der Waals surface area contributed by atoms with E-state index in [1.54, 1.807) is 18.2 Å². The summed E-state index contributed by atoms with van der Waals surface area (Å²) in [5, 5.41) is 11.9. The molecule has 4 nitrogen and oxygen atoms in total. The van der Waals surface area contributed by atoms with Crippen molar-refractivity contribution in [2.45, 2.75) is 19.4 Å². The SMILES string of the molecule is CC(=O)NC(Cc1ccc(Cl)cc1Br)C(=O)O. The van der Waals surface area contributed by atoms with Gasteiger partial charge in [-0.2, -0.15) is 0 Å². The third kappa shape index (κ3) is 4.36. The summed E-state index contributed by atoms with van der Waals surface area (Å²) in [6.07, 6.45) is 0.201. The minimum atomic E-state index is -1.07. The van der Waals surface area contributed by atoms with E-state index < -0.39 is 12.0 Å². The summed E-state index contributed by atoms with van der Waals surface area (Å²) < 4.78 is 0.724. The fraction of sp³-hybridized carbons (Fsp3) is 0.273. The van der Waals surface area contributed by atoms with Crippen LogP contribution in [0.15, 0.2) is 22.7 Å². The first-order chi connectivity index (χ1) is 7.90. The number of halogens is 2. The van der Waals surface area contributed by atoms with Crippen LogP contribution in [0.2, 0.25) is 5.02 Å². The van der Waals surface area contributed by atoms with Crippen LogP contribution in [-0.4, -0.2) is 23.0 Å². The highest BCUT2D eigenvalue weighted by Gasteiger charge is 2.19. The number of rotatable bonds is 4. The number of carbonyl (C=O) groups excluding carboxylic acids is 1. The Kier molecular flexibility index (Phi) is 4.96. The van der Waals surface area contributed by atoms with Crippen LogP contribution in [0.25, 0.3) is 0 Å². The zero-order chi connectivity index (χ0) is 13.0. The van der Waals surface area contributed by atoms with Crippen LogP contribution in [0.1, 0.15) is 12.5 Å². The van der Waals surface area contributed by atoms with Gasteiger partial charge in [-0.1, -0.05) is 33.6 Å². The van der Waals surface area contributed by atoms with Crippen LogP contribution in [0, 0.1) is 0 Å². The third-order valence-electron chi connectivity index (χ3n) is 2.11. The highest BCUT2D eigenvalue weighted by molar-refractivity contribution is 9.10. The van der Waals surface area contributed by atoms with Crippen LogP contribution >= 0.6 is 27.5 Å². The minimum Gasteiger partial charge on any atom is -0.480 e. The van der Waals surface area contributed by atoms with Gasteiger partial charge in [0, 0.05) is 22.8 Å². The number of hydrogen-bond acceptors (Lipinski definition) is 2. The van der Waals surface area contributed by atoms with Gasteiger partial charge in [0.2, 0.25) is 5.91 Å². The molecule has 1 aromatic carbocycles. The molecule has 1 atom stereocenters. The Balaban J connectivity index is 2.86. The van der Waals surface area contributed by atoms with E-state index in [1.165, 1.54) is 6.92 Å². The van der Waals surface area contributed by atoms with Crippen molar-refractivity contribution in [3.63, 3.8) is 0 Å². The maximum absolute atomic E-state index is 11.0. The first-order valence-electron chi connectivity index (χ1n) is 4.84. The van der Waals surface area contributed by atoms with Crippen molar-refractivity contribution in [3.8, 4) is 0 Å². The molecule has 0 fully saturated rings. The summed E-state index contributed by atoms with van der Waals surface area (Å²) in [6, 6.07) is 4.15. The van der Waals surface area contributed by atoms with Gasteiger partial charge in [0.15, 0.2) is 0 Å². The van der Waals surface area contributed by atoms with E-state index >= 15 is 0 Å². The Morgan fingerprint density at radius 1 is 1.53 bits per heavy atom. The summed E-state index contributed by atoms with van der Waals surface area (Å²) in [4.78, 5) is 21.8. The van der Waals surface area contributed by atoms with Crippen molar-refractivity contribution in [2.24, 2.45) is 0 Å². The topological polar surface area (TPSA) is 66.4 Å². The standard InChI is InChI=1S/C11H11BrClNO3/c1-6(15)14-10(11(16)17)4-7-2-3-8(13)5-9(7)12/h2-3,5,10H,4H2,1H3,(H,14,15)(H,16,17). The average Bonchev–Trinajstić information content (AvgIpc) is 2.19. The van der Waals surface area contributed by atoms with Gasteiger partial charge in [0.05, 0.1) is 0 Å². The van der Waals surface area contributed by atoms with E-state index in [4.69, 9.17) is 16.7 Å². The molecule has 6 heteroatoms. The molecular formula is C11H11BrClNO3. The van der Waals surface area contributed by atoms with Crippen LogP contribution in [0.4, 0.5) is 0 Å². The van der Waals surface area contributed by atoms with Crippen molar-refractivity contribution in [2.75, 3.05) is 0 Å². The average molecular weight is 321 g/mol. The van der Waals surface area contributed by atoms with Crippen LogP contribution in [0.3, 0.4) is 0 Å². The number of carboxylic acids is 1. The zero-order valence-corrected chi connectivity index (χ0v) is 11.4. The van der Waals surface area contributed by atoms with E-state index in [1.807, 2.05) is 0 Å². The molecule has 0 aliphatic carbocycles. The normalized spacial score (nSPS) is 11.9. The maximum Gasteiger partial charge on any atom is 0.326 e. The second-order valence-corrected chi connectivity index (χ2v) is 4.82. The zero-order valence-electron chi connectivity index (χ0n) is 9.04. The van der Waals surface area contributed by atoms with Crippen molar-refractivity contribution < 1.29 is 14.7 Å². The number of amides is 1. The van der Waals surface area contributed by atoms with Crippen molar-refractivity contribution >= 4 is 39.4 Å². The molecule has 17 heavy (non-hydrogen) atoms. The molecule has 1 amide bonds. The van der Waals surface area contributed by atoms with Crippen molar-refractivity contribution in [1.82, 2.24) is 5.32 Å². The highest BCUT2D eigenvalue weighted by Crippen LogP contribution is 2.22. The predicted molar refractivity (Wildman–Crippen MR) is 68.1 cm³/mol. The second-order valence-electron chi connectivity index (χ2n) is 3.53. The minimum absolute atomic E-state index is 0.201. The largest absolute Gasteiger partial charge is 0.480 e. The molecule has 0 aliphatic heterocycles. The Labute approximate surface area is 112 Å². The summed E-state index contributed by atoms with van der Waals surface area (Å²) in [5.41, 5.74) is 0.774. The van der Waals surface area contributed by atoms with Gasteiger partial charge in [-0.25, -0.2) is 4.79 Å². The summed E-state index contributed by atoms with van der Waals surface area (Å²) >= 11 is 9.09. The third-order valence-corrected chi connectivity index (χ3v) is 3.09. The van der Waals surface area contributed by atoms with Crippen molar-refractivity contribution in [3.05, 3.63) is 33.3 Å². The number of benzene rings is 1. The fourth-order valence-electron chi connectivity index (χ4n) is 1.35. The van der Waals surface area contributed by atoms with Gasteiger partial charge >= 0.3 is 5.97 Å².